The molecule has 3 aromatic carbocycles. The van der Waals surface area contributed by atoms with E-state index in [4.69, 9.17) is 13.8 Å². The SMILES string of the molecule is c1ccc(N(c2ccc3oc4ccccc4c3n2)c2cccc3c2oc2cccnc23)cc1. The van der Waals surface area contributed by atoms with Crippen molar-refractivity contribution in [2.24, 2.45) is 0 Å². The van der Waals surface area contributed by atoms with Gasteiger partial charge in [0.1, 0.15) is 22.4 Å². The third kappa shape index (κ3) is 2.72. The van der Waals surface area contributed by atoms with E-state index in [0.717, 1.165) is 61.3 Å². The van der Waals surface area contributed by atoms with Gasteiger partial charge in [-0.3, -0.25) is 9.88 Å². The summed E-state index contributed by atoms with van der Waals surface area (Å²) in [6.07, 6.45) is 1.79. The van der Waals surface area contributed by atoms with Gasteiger partial charge in [-0.2, -0.15) is 0 Å². The molecule has 0 aliphatic rings. The lowest BCUT2D eigenvalue weighted by atomic mass is 10.1. The number of pyridine rings is 2. The molecule has 0 N–H and O–H groups in total. The quantitative estimate of drug-likeness (QED) is 0.289. The van der Waals surface area contributed by atoms with Gasteiger partial charge in [0.25, 0.3) is 0 Å². The fraction of sp³-hybridized carbons (Fsp3) is 0. The van der Waals surface area contributed by atoms with Crippen LogP contribution in [0.25, 0.3) is 44.1 Å². The van der Waals surface area contributed by atoms with Crippen molar-refractivity contribution in [3.63, 3.8) is 0 Å². The summed E-state index contributed by atoms with van der Waals surface area (Å²) < 4.78 is 12.3. The highest BCUT2D eigenvalue weighted by Crippen LogP contribution is 2.41. The minimum atomic E-state index is 0.761. The molecule has 7 rings (SSSR count). The predicted octanol–water partition coefficient (Wildman–Crippen LogP) is 7.75. The van der Waals surface area contributed by atoms with Crippen LogP contribution in [0, 0.1) is 0 Å². The molecule has 0 spiro atoms. The number of hydrogen-bond acceptors (Lipinski definition) is 5. The molecular weight excluding hydrogens is 410 g/mol. The smallest absolute Gasteiger partial charge is 0.161 e. The van der Waals surface area contributed by atoms with E-state index < -0.39 is 0 Å². The van der Waals surface area contributed by atoms with Crippen LogP contribution >= 0.6 is 0 Å². The van der Waals surface area contributed by atoms with E-state index in [-0.39, 0.29) is 0 Å². The summed E-state index contributed by atoms with van der Waals surface area (Å²) in [5.74, 6) is 0.779. The Labute approximate surface area is 188 Å². The second kappa shape index (κ2) is 6.93. The van der Waals surface area contributed by atoms with Crippen LogP contribution < -0.4 is 4.90 Å². The molecule has 0 fully saturated rings. The standard InChI is InChI=1S/C28H17N3O2/c1-2-8-18(9-3-1)31(21-12-6-11-20-26-23(33-28(20)21)14-7-17-29-26)25-16-15-24-27(30-25)19-10-4-5-13-22(19)32-24/h1-17H. The maximum Gasteiger partial charge on any atom is 0.161 e. The molecule has 5 nitrogen and oxygen atoms in total. The summed E-state index contributed by atoms with van der Waals surface area (Å²) in [4.78, 5) is 11.7. The van der Waals surface area contributed by atoms with Crippen LogP contribution in [0.15, 0.2) is 112 Å². The molecule has 0 radical (unpaired) electrons. The first-order chi connectivity index (χ1) is 16.4. The Bertz CT molecular complexity index is 1780. The highest BCUT2D eigenvalue weighted by Gasteiger charge is 2.21. The van der Waals surface area contributed by atoms with Crippen LogP contribution in [0.2, 0.25) is 0 Å². The molecule has 0 unspecified atom stereocenters. The average molecular weight is 427 g/mol. The molecule has 156 valence electrons. The van der Waals surface area contributed by atoms with Crippen molar-refractivity contribution >= 4 is 61.3 Å². The van der Waals surface area contributed by atoms with Crippen LogP contribution in [-0.2, 0) is 0 Å². The average Bonchev–Trinajstić information content (AvgIpc) is 3.44. The highest BCUT2D eigenvalue weighted by molar-refractivity contribution is 6.09. The van der Waals surface area contributed by atoms with Crippen LogP contribution in [0.4, 0.5) is 17.2 Å². The maximum absolute atomic E-state index is 6.30. The lowest BCUT2D eigenvalue weighted by Crippen LogP contribution is -2.11. The first-order valence-corrected chi connectivity index (χ1v) is 10.8. The molecule has 0 atom stereocenters. The summed E-state index contributed by atoms with van der Waals surface area (Å²) in [7, 11) is 0. The van der Waals surface area contributed by atoms with Crippen molar-refractivity contribution in [2.45, 2.75) is 0 Å². The zero-order valence-corrected chi connectivity index (χ0v) is 17.5. The van der Waals surface area contributed by atoms with Gasteiger partial charge in [-0.25, -0.2) is 4.98 Å². The number of para-hydroxylation sites is 3. The Morgan fingerprint density at radius 2 is 1.36 bits per heavy atom. The van der Waals surface area contributed by atoms with Gasteiger partial charge in [-0.15, -0.1) is 0 Å². The summed E-state index contributed by atoms with van der Waals surface area (Å²) in [5.41, 5.74) is 6.70. The monoisotopic (exact) mass is 427 g/mol. The van der Waals surface area contributed by atoms with Crippen LogP contribution in [-0.4, -0.2) is 9.97 Å². The molecule has 0 aliphatic carbocycles. The number of anilines is 3. The Hall–Kier alpha value is -4.64. The van der Waals surface area contributed by atoms with Crippen molar-refractivity contribution in [1.29, 1.82) is 0 Å². The second-order valence-electron chi connectivity index (χ2n) is 7.89. The number of nitrogens with zero attached hydrogens (tertiary/aromatic N) is 3. The normalized spacial score (nSPS) is 11.6. The van der Waals surface area contributed by atoms with Gasteiger partial charge in [0.15, 0.2) is 16.7 Å². The maximum atomic E-state index is 6.30. The van der Waals surface area contributed by atoms with E-state index in [0.29, 0.717) is 0 Å². The number of hydrogen-bond donors (Lipinski definition) is 0. The van der Waals surface area contributed by atoms with Gasteiger partial charge in [0.05, 0.1) is 5.69 Å². The van der Waals surface area contributed by atoms with Gasteiger partial charge in [0, 0.05) is 22.7 Å². The van der Waals surface area contributed by atoms with E-state index in [1.165, 1.54) is 0 Å². The Morgan fingerprint density at radius 1 is 0.576 bits per heavy atom. The van der Waals surface area contributed by atoms with E-state index in [2.05, 4.69) is 28.1 Å². The molecule has 0 saturated heterocycles. The molecular formula is C28H17N3O2. The molecule has 5 heteroatoms. The van der Waals surface area contributed by atoms with Crippen LogP contribution in [0.3, 0.4) is 0 Å². The number of furan rings is 2. The van der Waals surface area contributed by atoms with E-state index >= 15 is 0 Å². The summed E-state index contributed by atoms with van der Waals surface area (Å²) in [5, 5.41) is 1.97. The number of fused-ring (bicyclic) bond motifs is 6. The minimum Gasteiger partial charge on any atom is -0.454 e. The topological polar surface area (TPSA) is 55.3 Å². The van der Waals surface area contributed by atoms with Gasteiger partial charge >= 0.3 is 0 Å². The summed E-state index contributed by atoms with van der Waals surface area (Å²) in [6.45, 7) is 0. The van der Waals surface area contributed by atoms with Gasteiger partial charge in [-0.1, -0.05) is 36.4 Å². The molecule has 0 amide bonds. The predicted molar refractivity (Wildman–Crippen MR) is 131 cm³/mol. The minimum absolute atomic E-state index is 0.761. The molecule has 33 heavy (non-hydrogen) atoms. The largest absolute Gasteiger partial charge is 0.454 e. The van der Waals surface area contributed by atoms with Crippen LogP contribution in [0.5, 0.6) is 0 Å². The number of benzene rings is 3. The lowest BCUT2D eigenvalue weighted by molar-refractivity contribution is 0.667. The fourth-order valence-corrected chi connectivity index (χ4v) is 4.46. The van der Waals surface area contributed by atoms with Crippen molar-refractivity contribution in [3.05, 3.63) is 103 Å². The van der Waals surface area contributed by atoms with Crippen LogP contribution in [0.1, 0.15) is 0 Å². The first kappa shape index (κ1) is 18.0. The van der Waals surface area contributed by atoms with E-state index in [9.17, 15) is 0 Å². The molecule has 4 aromatic heterocycles. The Morgan fingerprint density at radius 3 is 2.30 bits per heavy atom. The molecule has 0 bridgehead atoms. The Balaban J connectivity index is 1.53. The van der Waals surface area contributed by atoms with Crippen molar-refractivity contribution in [3.8, 4) is 0 Å². The fourth-order valence-electron chi connectivity index (χ4n) is 4.46. The van der Waals surface area contributed by atoms with Gasteiger partial charge in [-0.05, 0) is 60.7 Å². The van der Waals surface area contributed by atoms with E-state index in [1.807, 2.05) is 78.9 Å². The Kier molecular flexibility index (Phi) is 3.78. The van der Waals surface area contributed by atoms with Crippen molar-refractivity contribution in [1.82, 2.24) is 9.97 Å². The van der Waals surface area contributed by atoms with Gasteiger partial charge in [0.2, 0.25) is 0 Å². The highest BCUT2D eigenvalue weighted by atomic mass is 16.3. The third-order valence-corrected chi connectivity index (χ3v) is 5.92. The third-order valence-electron chi connectivity index (χ3n) is 5.92. The summed E-state index contributed by atoms with van der Waals surface area (Å²) >= 11 is 0. The molecule has 0 aliphatic heterocycles. The van der Waals surface area contributed by atoms with Crippen molar-refractivity contribution < 1.29 is 8.83 Å². The molecule has 7 aromatic rings. The summed E-state index contributed by atoms with van der Waals surface area (Å²) in [6, 6.07) is 32.1. The van der Waals surface area contributed by atoms with E-state index in [1.54, 1.807) is 6.20 Å². The lowest BCUT2D eigenvalue weighted by Gasteiger charge is -2.24. The zero-order valence-electron chi connectivity index (χ0n) is 17.5. The van der Waals surface area contributed by atoms with Gasteiger partial charge < -0.3 is 8.83 Å². The molecule has 4 heterocycles. The number of aromatic nitrogens is 2. The zero-order chi connectivity index (χ0) is 21.8. The molecule has 0 saturated carbocycles. The number of rotatable bonds is 3. The first-order valence-electron chi connectivity index (χ1n) is 10.8. The van der Waals surface area contributed by atoms with Crippen molar-refractivity contribution in [2.75, 3.05) is 4.90 Å². The second-order valence-corrected chi connectivity index (χ2v) is 7.89.